The number of ether oxygens (including phenoxy) is 1. The minimum absolute atomic E-state index is 0.159. The Hall–Kier alpha value is -2.92. The molecule has 0 radical (unpaired) electrons. The molecule has 0 spiro atoms. The molecular weight excluding hydrogens is 340 g/mol. The van der Waals surface area contributed by atoms with Crippen LogP contribution in [0.2, 0.25) is 0 Å². The highest BCUT2D eigenvalue weighted by molar-refractivity contribution is 5.95. The first-order valence-corrected chi connectivity index (χ1v) is 9.11. The van der Waals surface area contributed by atoms with Crippen molar-refractivity contribution in [3.05, 3.63) is 71.9 Å². The Morgan fingerprint density at radius 3 is 2.78 bits per heavy atom. The van der Waals surface area contributed by atoms with Crippen LogP contribution >= 0.6 is 0 Å². The first kappa shape index (κ1) is 17.5. The van der Waals surface area contributed by atoms with E-state index in [1.807, 2.05) is 36.5 Å². The molecule has 0 aliphatic heterocycles. The molecule has 2 N–H and O–H groups in total. The minimum atomic E-state index is -0.292. The Labute approximate surface area is 158 Å². The third kappa shape index (κ3) is 3.64. The van der Waals surface area contributed by atoms with Crippen LogP contribution < -0.4 is 10.1 Å². The number of carbonyl (C=O) groups is 1. The van der Waals surface area contributed by atoms with Gasteiger partial charge in [0, 0.05) is 17.1 Å². The zero-order chi connectivity index (χ0) is 18.8. The Bertz CT molecular complexity index is 966. The van der Waals surface area contributed by atoms with Crippen LogP contribution in [0.25, 0.3) is 10.9 Å². The van der Waals surface area contributed by atoms with Gasteiger partial charge in [0.05, 0.1) is 24.8 Å². The number of aliphatic hydroxyl groups is 1. The molecule has 138 valence electrons. The van der Waals surface area contributed by atoms with Crippen molar-refractivity contribution in [2.24, 2.45) is 5.92 Å². The average molecular weight is 362 g/mol. The Kier molecular flexibility index (Phi) is 4.77. The first-order chi connectivity index (χ1) is 13.1. The smallest absolute Gasteiger partial charge is 0.251 e. The molecule has 3 aromatic rings. The van der Waals surface area contributed by atoms with E-state index in [2.05, 4.69) is 16.4 Å². The molecule has 0 saturated heterocycles. The first-order valence-electron chi connectivity index (χ1n) is 9.11. The summed E-state index contributed by atoms with van der Waals surface area (Å²) >= 11 is 0. The van der Waals surface area contributed by atoms with E-state index in [0.717, 1.165) is 16.5 Å². The zero-order valence-corrected chi connectivity index (χ0v) is 15.1. The lowest BCUT2D eigenvalue weighted by Crippen LogP contribution is -2.41. The molecule has 1 heterocycles. The molecule has 5 heteroatoms. The standard InChI is InChI=1S/C22H22N2O3/c1-27-19-7-4-6-15(12-19)22(26)24-21(16-10-18(25)11-16)17-9-14-5-2-3-8-20(14)23-13-17/h2-9,12-13,16,18,21,25H,10-11H2,1H3,(H,24,26). The lowest BCUT2D eigenvalue weighted by molar-refractivity contribution is 0.0235. The maximum absolute atomic E-state index is 12.8. The van der Waals surface area contributed by atoms with Crippen molar-refractivity contribution in [3.8, 4) is 5.75 Å². The summed E-state index contributed by atoms with van der Waals surface area (Å²) in [7, 11) is 1.58. The SMILES string of the molecule is COc1cccc(C(=O)NC(c2cnc3ccccc3c2)C2CC(O)C2)c1. The molecule has 27 heavy (non-hydrogen) atoms. The van der Waals surface area contributed by atoms with Crippen LogP contribution in [-0.2, 0) is 0 Å². The minimum Gasteiger partial charge on any atom is -0.497 e. The fourth-order valence-electron chi connectivity index (χ4n) is 3.62. The number of fused-ring (bicyclic) bond motifs is 1. The van der Waals surface area contributed by atoms with Gasteiger partial charge in [0.2, 0.25) is 0 Å². The van der Waals surface area contributed by atoms with Gasteiger partial charge < -0.3 is 15.2 Å². The molecule has 1 atom stereocenters. The van der Waals surface area contributed by atoms with E-state index < -0.39 is 0 Å². The van der Waals surface area contributed by atoms with E-state index in [1.54, 1.807) is 25.3 Å². The maximum Gasteiger partial charge on any atom is 0.251 e. The number of nitrogens with zero attached hydrogens (tertiary/aromatic N) is 1. The summed E-state index contributed by atoms with van der Waals surface area (Å²) in [6, 6.07) is 16.9. The lowest BCUT2D eigenvalue weighted by atomic mass is 9.75. The van der Waals surface area contributed by atoms with Gasteiger partial charge in [-0.15, -0.1) is 0 Å². The Balaban J connectivity index is 1.63. The van der Waals surface area contributed by atoms with Gasteiger partial charge in [0.25, 0.3) is 5.91 Å². The van der Waals surface area contributed by atoms with Crippen LogP contribution in [0.5, 0.6) is 5.75 Å². The summed E-state index contributed by atoms with van der Waals surface area (Å²) in [6.07, 6.45) is 2.88. The van der Waals surface area contributed by atoms with E-state index in [9.17, 15) is 9.90 Å². The van der Waals surface area contributed by atoms with Gasteiger partial charge in [0.1, 0.15) is 5.75 Å². The van der Waals surface area contributed by atoms with Gasteiger partial charge in [-0.2, -0.15) is 0 Å². The van der Waals surface area contributed by atoms with Gasteiger partial charge in [-0.25, -0.2) is 0 Å². The lowest BCUT2D eigenvalue weighted by Gasteiger charge is -2.38. The van der Waals surface area contributed by atoms with Crippen molar-refractivity contribution in [3.63, 3.8) is 0 Å². The zero-order valence-electron chi connectivity index (χ0n) is 15.1. The predicted molar refractivity (Wildman–Crippen MR) is 104 cm³/mol. The van der Waals surface area contributed by atoms with Gasteiger partial charge in [0.15, 0.2) is 0 Å². The third-order valence-corrected chi connectivity index (χ3v) is 5.21. The van der Waals surface area contributed by atoms with E-state index >= 15 is 0 Å². The third-order valence-electron chi connectivity index (χ3n) is 5.21. The van der Waals surface area contributed by atoms with Crippen LogP contribution in [0.4, 0.5) is 0 Å². The van der Waals surface area contributed by atoms with Gasteiger partial charge in [-0.3, -0.25) is 9.78 Å². The number of aliphatic hydroxyl groups excluding tert-OH is 1. The quantitative estimate of drug-likeness (QED) is 0.729. The van der Waals surface area contributed by atoms with Crippen LogP contribution in [0.3, 0.4) is 0 Å². The second kappa shape index (κ2) is 7.37. The summed E-state index contributed by atoms with van der Waals surface area (Å²) < 4.78 is 5.21. The Morgan fingerprint density at radius 1 is 1.19 bits per heavy atom. The predicted octanol–water partition coefficient (Wildman–Crippen LogP) is 3.49. The van der Waals surface area contributed by atoms with E-state index in [1.165, 1.54) is 0 Å². The monoisotopic (exact) mass is 362 g/mol. The number of pyridine rings is 1. The molecule has 1 unspecified atom stereocenters. The van der Waals surface area contributed by atoms with Crippen LogP contribution in [0.15, 0.2) is 60.8 Å². The van der Waals surface area contributed by atoms with Crippen LogP contribution in [0, 0.1) is 5.92 Å². The number of rotatable bonds is 5. The highest BCUT2D eigenvalue weighted by atomic mass is 16.5. The number of aromatic nitrogens is 1. The van der Waals surface area contributed by atoms with Crippen molar-refractivity contribution >= 4 is 16.8 Å². The fraction of sp³-hybridized carbons (Fsp3) is 0.273. The highest BCUT2D eigenvalue weighted by Gasteiger charge is 2.36. The van der Waals surface area contributed by atoms with E-state index in [4.69, 9.17) is 4.74 Å². The van der Waals surface area contributed by atoms with Gasteiger partial charge in [-0.05, 0) is 54.7 Å². The van der Waals surface area contributed by atoms with Crippen LogP contribution in [0.1, 0.15) is 34.8 Å². The van der Waals surface area contributed by atoms with Gasteiger partial charge in [-0.1, -0.05) is 24.3 Å². The number of amides is 1. The van der Waals surface area contributed by atoms with Crippen molar-refractivity contribution in [2.75, 3.05) is 7.11 Å². The molecule has 5 nitrogen and oxygen atoms in total. The van der Waals surface area contributed by atoms with E-state index in [0.29, 0.717) is 24.2 Å². The van der Waals surface area contributed by atoms with Crippen molar-refractivity contribution < 1.29 is 14.6 Å². The molecule has 1 aromatic heterocycles. The number of methoxy groups -OCH3 is 1. The topological polar surface area (TPSA) is 71.5 Å². The normalized spacial score (nSPS) is 19.9. The molecule has 1 fully saturated rings. The van der Waals surface area contributed by atoms with E-state index in [-0.39, 0.29) is 24.0 Å². The average Bonchev–Trinajstić information content (AvgIpc) is 2.69. The molecule has 1 aliphatic rings. The number of para-hydroxylation sites is 1. The van der Waals surface area contributed by atoms with Gasteiger partial charge >= 0.3 is 0 Å². The summed E-state index contributed by atoms with van der Waals surface area (Å²) in [6.45, 7) is 0. The van der Waals surface area contributed by atoms with Crippen molar-refractivity contribution in [2.45, 2.75) is 25.0 Å². The molecule has 1 saturated carbocycles. The van der Waals surface area contributed by atoms with Crippen molar-refractivity contribution in [1.82, 2.24) is 10.3 Å². The number of nitrogens with one attached hydrogen (secondary N) is 1. The summed E-state index contributed by atoms with van der Waals surface area (Å²) in [5.74, 6) is 0.677. The molecule has 4 rings (SSSR count). The summed E-state index contributed by atoms with van der Waals surface area (Å²) in [4.78, 5) is 17.4. The second-order valence-electron chi connectivity index (χ2n) is 7.03. The molecule has 1 amide bonds. The molecule has 0 bridgehead atoms. The fourth-order valence-corrected chi connectivity index (χ4v) is 3.62. The number of carbonyl (C=O) groups excluding carboxylic acids is 1. The molecular formula is C22H22N2O3. The summed E-state index contributed by atoms with van der Waals surface area (Å²) in [5, 5.41) is 13.9. The Morgan fingerprint density at radius 2 is 2.00 bits per heavy atom. The molecule has 2 aromatic carbocycles. The molecule has 1 aliphatic carbocycles. The summed E-state index contributed by atoms with van der Waals surface area (Å²) in [5.41, 5.74) is 2.43. The largest absolute Gasteiger partial charge is 0.497 e. The highest BCUT2D eigenvalue weighted by Crippen LogP contribution is 2.38. The van der Waals surface area contributed by atoms with Crippen molar-refractivity contribution in [1.29, 1.82) is 0 Å². The number of benzene rings is 2. The maximum atomic E-state index is 12.8. The number of hydrogen-bond donors (Lipinski definition) is 2. The number of hydrogen-bond acceptors (Lipinski definition) is 4. The second-order valence-corrected chi connectivity index (χ2v) is 7.03. The van der Waals surface area contributed by atoms with Crippen LogP contribution in [-0.4, -0.2) is 29.2 Å².